The van der Waals surface area contributed by atoms with Gasteiger partial charge in [0.2, 0.25) is 0 Å². The molecule has 1 aromatic carbocycles. The van der Waals surface area contributed by atoms with Crippen molar-refractivity contribution < 1.29 is 0 Å². The molecule has 0 saturated carbocycles. The predicted molar refractivity (Wildman–Crippen MR) is 105 cm³/mol. The van der Waals surface area contributed by atoms with Crippen molar-refractivity contribution in [2.24, 2.45) is 0 Å². The minimum Gasteiger partial charge on any atom is -0.367 e. The Bertz CT molecular complexity index is 675. The summed E-state index contributed by atoms with van der Waals surface area (Å²) in [5.74, 6) is 1.85. The van der Waals surface area contributed by atoms with Crippen LogP contribution in [0, 0.1) is 0 Å². The molecular weight excluding hydrogens is 310 g/mol. The van der Waals surface area contributed by atoms with Gasteiger partial charge in [0.25, 0.3) is 0 Å². The van der Waals surface area contributed by atoms with E-state index >= 15 is 0 Å². The van der Waals surface area contributed by atoms with Crippen LogP contribution in [0.25, 0.3) is 6.08 Å². The van der Waals surface area contributed by atoms with Gasteiger partial charge in [-0.05, 0) is 18.4 Å². The Kier molecular flexibility index (Phi) is 6.01. The van der Waals surface area contributed by atoms with Gasteiger partial charge in [-0.2, -0.15) is 0 Å². The van der Waals surface area contributed by atoms with E-state index in [1.807, 2.05) is 31.1 Å². The number of nitrogens with one attached hydrogen (secondary N) is 1. The van der Waals surface area contributed by atoms with E-state index < -0.39 is 0 Å². The van der Waals surface area contributed by atoms with Gasteiger partial charge in [-0.1, -0.05) is 42.5 Å². The zero-order valence-corrected chi connectivity index (χ0v) is 15.1. The summed E-state index contributed by atoms with van der Waals surface area (Å²) in [5.41, 5.74) is 1.26. The molecule has 0 unspecified atom stereocenters. The quantitative estimate of drug-likeness (QED) is 0.877. The minimum absolute atomic E-state index is 0.485. The lowest BCUT2D eigenvalue weighted by molar-refractivity contribution is 0.240. The number of hydrogen-bond donors (Lipinski definition) is 1. The highest BCUT2D eigenvalue weighted by atomic mass is 15.2. The van der Waals surface area contributed by atoms with Gasteiger partial charge in [-0.3, -0.25) is 4.90 Å². The summed E-state index contributed by atoms with van der Waals surface area (Å²) in [6.45, 7) is 3.24. The lowest BCUT2D eigenvalue weighted by atomic mass is 10.0. The van der Waals surface area contributed by atoms with E-state index in [0.717, 1.165) is 44.1 Å². The zero-order chi connectivity index (χ0) is 17.5. The van der Waals surface area contributed by atoms with Crippen LogP contribution in [0.5, 0.6) is 0 Å². The third kappa shape index (κ3) is 5.29. The maximum Gasteiger partial charge on any atom is 0.133 e. The number of benzene rings is 1. The molecule has 1 aliphatic heterocycles. The topological polar surface area (TPSA) is 44.3 Å². The van der Waals surface area contributed by atoms with Crippen LogP contribution in [0.2, 0.25) is 0 Å². The Balaban J connectivity index is 1.44. The summed E-state index contributed by atoms with van der Waals surface area (Å²) in [7, 11) is 3.99. The van der Waals surface area contributed by atoms with Gasteiger partial charge in [0.15, 0.2) is 0 Å². The van der Waals surface area contributed by atoms with Gasteiger partial charge < -0.3 is 10.2 Å². The lowest BCUT2D eigenvalue weighted by Gasteiger charge is -2.32. The van der Waals surface area contributed by atoms with Crippen molar-refractivity contribution in [3.05, 3.63) is 54.4 Å². The molecule has 2 heterocycles. The smallest absolute Gasteiger partial charge is 0.133 e. The number of rotatable bonds is 6. The molecule has 25 heavy (non-hydrogen) atoms. The van der Waals surface area contributed by atoms with Crippen molar-refractivity contribution in [3.63, 3.8) is 0 Å². The highest BCUT2D eigenvalue weighted by molar-refractivity contribution is 5.49. The SMILES string of the molecule is CN(C)c1cc(NC2CCN(CC=Cc3ccccc3)CC2)ncn1. The molecule has 0 aliphatic carbocycles. The van der Waals surface area contributed by atoms with E-state index in [-0.39, 0.29) is 0 Å². The normalized spacial score (nSPS) is 16.2. The molecule has 0 amide bonds. The zero-order valence-electron chi connectivity index (χ0n) is 15.1. The summed E-state index contributed by atoms with van der Waals surface area (Å²) in [4.78, 5) is 13.1. The van der Waals surface area contributed by atoms with E-state index in [9.17, 15) is 0 Å². The number of aromatic nitrogens is 2. The Labute approximate surface area is 150 Å². The number of likely N-dealkylation sites (tertiary alicyclic amines) is 1. The summed E-state index contributed by atoms with van der Waals surface area (Å²) in [6, 6.07) is 13.0. The Morgan fingerprint density at radius 3 is 2.64 bits per heavy atom. The molecule has 3 rings (SSSR count). The van der Waals surface area contributed by atoms with Crippen molar-refractivity contribution >= 4 is 17.7 Å². The van der Waals surface area contributed by atoms with Gasteiger partial charge in [0, 0.05) is 45.8 Å². The standard InChI is InChI=1S/C20H27N5/c1-24(2)20-15-19(21-16-22-20)23-18-10-13-25(14-11-18)12-6-9-17-7-4-3-5-8-17/h3-9,15-16,18H,10-14H2,1-2H3,(H,21,22,23). The fourth-order valence-electron chi connectivity index (χ4n) is 3.04. The largest absolute Gasteiger partial charge is 0.367 e. The highest BCUT2D eigenvalue weighted by Gasteiger charge is 2.18. The molecule has 0 radical (unpaired) electrons. The van der Waals surface area contributed by atoms with E-state index in [1.165, 1.54) is 5.56 Å². The summed E-state index contributed by atoms with van der Waals surface area (Å²) in [6.07, 6.45) is 8.37. The van der Waals surface area contributed by atoms with Crippen molar-refractivity contribution in [2.45, 2.75) is 18.9 Å². The molecule has 1 fully saturated rings. The van der Waals surface area contributed by atoms with Crippen molar-refractivity contribution in [3.8, 4) is 0 Å². The third-order valence-electron chi connectivity index (χ3n) is 4.52. The van der Waals surface area contributed by atoms with Crippen LogP contribution in [0.3, 0.4) is 0 Å². The maximum absolute atomic E-state index is 4.34. The summed E-state index contributed by atoms with van der Waals surface area (Å²) < 4.78 is 0. The monoisotopic (exact) mass is 337 g/mol. The number of nitrogens with zero attached hydrogens (tertiary/aromatic N) is 4. The van der Waals surface area contributed by atoms with Crippen LogP contribution in [0.4, 0.5) is 11.6 Å². The molecule has 1 N–H and O–H groups in total. The first-order valence-electron chi connectivity index (χ1n) is 8.90. The van der Waals surface area contributed by atoms with Crippen molar-refractivity contribution in [2.75, 3.05) is 43.9 Å². The third-order valence-corrected chi connectivity index (χ3v) is 4.52. The van der Waals surface area contributed by atoms with E-state index in [1.54, 1.807) is 6.33 Å². The first kappa shape index (κ1) is 17.4. The molecular formula is C20H27N5. The highest BCUT2D eigenvalue weighted by Crippen LogP contribution is 2.17. The molecule has 0 spiro atoms. The van der Waals surface area contributed by atoms with Gasteiger partial charge in [0.1, 0.15) is 18.0 Å². The van der Waals surface area contributed by atoms with Gasteiger partial charge in [-0.15, -0.1) is 0 Å². The Morgan fingerprint density at radius 1 is 1.16 bits per heavy atom. The number of hydrogen-bond acceptors (Lipinski definition) is 5. The van der Waals surface area contributed by atoms with Crippen LogP contribution in [0.1, 0.15) is 18.4 Å². The van der Waals surface area contributed by atoms with Crippen LogP contribution < -0.4 is 10.2 Å². The fourth-order valence-corrected chi connectivity index (χ4v) is 3.04. The van der Waals surface area contributed by atoms with E-state index in [0.29, 0.717) is 6.04 Å². The molecule has 1 aliphatic rings. The van der Waals surface area contributed by atoms with Crippen LogP contribution >= 0.6 is 0 Å². The van der Waals surface area contributed by atoms with E-state index in [2.05, 4.69) is 56.6 Å². The molecule has 2 aromatic rings. The number of anilines is 2. The minimum atomic E-state index is 0.485. The molecule has 132 valence electrons. The van der Waals surface area contributed by atoms with Crippen molar-refractivity contribution in [1.29, 1.82) is 0 Å². The molecule has 0 atom stereocenters. The second-order valence-electron chi connectivity index (χ2n) is 6.69. The molecule has 0 bridgehead atoms. The predicted octanol–water partition coefficient (Wildman–Crippen LogP) is 3.13. The average molecular weight is 337 g/mol. The van der Waals surface area contributed by atoms with Crippen LogP contribution in [-0.2, 0) is 0 Å². The first-order chi connectivity index (χ1) is 12.2. The second kappa shape index (κ2) is 8.62. The van der Waals surface area contributed by atoms with Crippen molar-refractivity contribution in [1.82, 2.24) is 14.9 Å². The molecule has 1 saturated heterocycles. The molecule has 5 heteroatoms. The maximum atomic E-state index is 4.34. The number of piperidine rings is 1. The Hall–Kier alpha value is -2.40. The van der Waals surface area contributed by atoms with Crippen LogP contribution in [-0.4, -0.2) is 54.6 Å². The van der Waals surface area contributed by atoms with Gasteiger partial charge in [-0.25, -0.2) is 9.97 Å². The van der Waals surface area contributed by atoms with Gasteiger partial charge >= 0.3 is 0 Å². The van der Waals surface area contributed by atoms with E-state index in [4.69, 9.17) is 0 Å². The average Bonchev–Trinajstić information content (AvgIpc) is 2.64. The lowest BCUT2D eigenvalue weighted by Crippen LogP contribution is -2.39. The molecule has 1 aromatic heterocycles. The Morgan fingerprint density at radius 2 is 1.92 bits per heavy atom. The summed E-state index contributed by atoms with van der Waals surface area (Å²) >= 11 is 0. The van der Waals surface area contributed by atoms with Gasteiger partial charge in [0.05, 0.1) is 0 Å². The second-order valence-corrected chi connectivity index (χ2v) is 6.69. The summed E-state index contributed by atoms with van der Waals surface area (Å²) in [5, 5.41) is 3.56. The fraction of sp³-hybridized carbons (Fsp3) is 0.400. The molecule has 5 nitrogen and oxygen atoms in total. The first-order valence-corrected chi connectivity index (χ1v) is 8.90. The van der Waals surface area contributed by atoms with Crippen LogP contribution in [0.15, 0.2) is 48.8 Å².